The molecule has 142 valence electrons. The van der Waals surface area contributed by atoms with E-state index in [4.69, 9.17) is 4.74 Å². The normalized spacial score (nSPS) is 10.8. The lowest BCUT2D eigenvalue weighted by molar-refractivity contribution is -0.142. The number of esters is 1. The molecule has 3 rings (SSSR count). The van der Waals surface area contributed by atoms with Crippen molar-refractivity contribution in [1.82, 2.24) is 4.98 Å². The zero-order valence-electron chi connectivity index (χ0n) is 15.4. The van der Waals surface area contributed by atoms with E-state index in [9.17, 15) is 9.59 Å². The molecule has 1 heterocycles. The minimum absolute atomic E-state index is 0.117. The molecule has 0 aliphatic heterocycles. The highest BCUT2D eigenvalue weighted by Gasteiger charge is 2.17. The minimum atomic E-state index is -0.315. The first-order valence-electron chi connectivity index (χ1n) is 8.90. The monoisotopic (exact) mass is 392 g/mol. The lowest BCUT2D eigenvalue weighted by atomic mass is 10.1. The van der Waals surface area contributed by atoms with Crippen LogP contribution in [-0.2, 0) is 20.7 Å². The van der Waals surface area contributed by atoms with Gasteiger partial charge in [-0.2, -0.15) is 0 Å². The smallest absolute Gasteiger partial charge is 0.311 e. The Balaban J connectivity index is 1.79. The fraction of sp³-hybridized carbons (Fsp3) is 0.136. The molecule has 5 nitrogen and oxygen atoms in total. The summed E-state index contributed by atoms with van der Waals surface area (Å²) >= 11 is 1.28. The molecule has 0 aliphatic rings. The molecule has 0 unspecified atom stereocenters. The number of nitrogens with zero attached hydrogens (tertiary/aromatic N) is 1. The van der Waals surface area contributed by atoms with Crippen molar-refractivity contribution in [3.05, 3.63) is 77.2 Å². The van der Waals surface area contributed by atoms with Crippen LogP contribution >= 0.6 is 11.3 Å². The third-order valence-electron chi connectivity index (χ3n) is 3.81. The van der Waals surface area contributed by atoms with E-state index >= 15 is 0 Å². The Hall–Kier alpha value is -3.25. The Morgan fingerprint density at radius 1 is 1.07 bits per heavy atom. The van der Waals surface area contributed by atoms with E-state index in [2.05, 4.69) is 10.3 Å². The van der Waals surface area contributed by atoms with Crippen LogP contribution in [0.4, 0.5) is 5.13 Å². The SMILES string of the molecule is CCOC(=O)Cc1sc(NC(=O)/C=C/c2ccccc2)nc1-c1ccccc1. The van der Waals surface area contributed by atoms with E-state index in [1.807, 2.05) is 60.7 Å². The van der Waals surface area contributed by atoms with Crippen LogP contribution in [0.2, 0.25) is 0 Å². The van der Waals surface area contributed by atoms with Gasteiger partial charge in [-0.05, 0) is 18.6 Å². The molecule has 1 aromatic heterocycles. The average Bonchev–Trinajstić information content (AvgIpc) is 3.10. The molecule has 0 spiro atoms. The van der Waals surface area contributed by atoms with E-state index in [-0.39, 0.29) is 18.3 Å². The quantitative estimate of drug-likeness (QED) is 0.472. The number of benzene rings is 2. The summed E-state index contributed by atoms with van der Waals surface area (Å²) in [5, 5.41) is 3.22. The predicted molar refractivity (Wildman–Crippen MR) is 112 cm³/mol. The van der Waals surface area contributed by atoms with Crippen molar-refractivity contribution in [2.75, 3.05) is 11.9 Å². The second-order valence-electron chi connectivity index (χ2n) is 5.87. The van der Waals surface area contributed by atoms with Crippen molar-refractivity contribution >= 4 is 34.4 Å². The highest BCUT2D eigenvalue weighted by atomic mass is 32.1. The van der Waals surface area contributed by atoms with E-state index in [1.165, 1.54) is 17.4 Å². The van der Waals surface area contributed by atoms with Crippen LogP contribution in [0.5, 0.6) is 0 Å². The minimum Gasteiger partial charge on any atom is -0.466 e. The predicted octanol–water partition coefficient (Wildman–Crippen LogP) is 4.57. The molecule has 0 saturated carbocycles. The molecule has 2 aromatic carbocycles. The molecule has 0 fully saturated rings. The number of nitrogens with one attached hydrogen (secondary N) is 1. The molecule has 1 N–H and O–H groups in total. The van der Waals surface area contributed by atoms with Crippen LogP contribution in [0.15, 0.2) is 66.7 Å². The molecule has 1 amide bonds. The van der Waals surface area contributed by atoms with Gasteiger partial charge in [-0.25, -0.2) is 4.98 Å². The summed E-state index contributed by atoms with van der Waals surface area (Å²) in [6, 6.07) is 19.1. The molecular weight excluding hydrogens is 372 g/mol. The first-order valence-corrected chi connectivity index (χ1v) is 9.72. The van der Waals surface area contributed by atoms with Crippen LogP contribution in [-0.4, -0.2) is 23.5 Å². The molecule has 0 bridgehead atoms. The summed E-state index contributed by atoms with van der Waals surface area (Å²) in [6.45, 7) is 2.10. The summed E-state index contributed by atoms with van der Waals surface area (Å²) in [7, 11) is 0. The Labute approximate surface area is 167 Å². The fourth-order valence-electron chi connectivity index (χ4n) is 2.57. The molecule has 3 aromatic rings. The van der Waals surface area contributed by atoms with Crippen LogP contribution < -0.4 is 5.32 Å². The highest BCUT2D eigenvalue weighted by molar-refractivity contribution is 7.16. The third kappa shape index (κ3) is 5.37. The van der Waals surface area contributed by atoms with Gasteiger partial charge >= 0.3 is 5.97 Å². The van der Waals surface area contributed by atoms with Crippen molar-refractivity contribution in [3.63, 3.8) is 0 Å². The van der Waals surface area contributed by atoms with E-state index in [0.717, 1.165) is 16.0 Å². The zero-order chi connectivity index (χ0) is 19.8. The van der Waals surface area contributed by atoms with Gasteiger partial charge in [0.1, 0.15) is 0 Å². The summed E-state index contributed by atoms with van der Waals surface area (Å²) in [4.78, 5) is 29.5. The van der Waals surface area contributed by atoms with Gasteiger partial charge in [0.2, 0.25) is 5.91 Å². The number of aromatic nitrogens is 1. The van der Waals surface area contributed by atoms with Crippen molar-refractivity contribution < 1.29 is 14.3 Å². The molecule has 0 atom stereocenters. The molecule has 6 heteroatoms. The Bertz CT molecular complexity index is 966. The zero-order valence-corrected chi connectivity index (χ0v) is 16.2. The van der Waals surface area contributed by atoms with E-state index < -0.39 is 0 Å². The van der Waals surface area contributed by atoms with Gasteiger partial charge in [-0.15, -0.1) is 11.3 Å². The maximum atomic E-state index is 12.2. The summed E-state index contributed by atoms with van der Waals surface area (Å²) in [5.41, 5.74) is 2.50. The first kappa shape index (κ1) is 19.5. The fourth-order valence-corrected chi connectivity index (χ4v) is 3.54. The molecular formula is C22H20N2O3S. The van der Waals surface area contributed by atoms with Crippen LogP contribution in [0, 0.1) is 0 Å². The lowest BCUT2D eigenvalue weighted by Gasteiger charge is -2.02. The Morgan fingerprint density at radius 2 is 1.75 bits per heavy atom. The maximum absolute atomic E-state index is 12.2. The number of rotatable bonds is 7. The second kappa shape index (κ2) is 9.62. The van der Waals surface area contributed by atoms with Gasteiger partial charge in [0.05, 0.1) is 18.7 Å². The van der Waals surface area contributed by atoms with Gasteiger partial charge < -0.3 is 4.74 Å². The number of anilines is 1. The number of amides is 1. The van der Waals surface area contributed by atoms with Gasteiger partial charge in [-0.1, -0.05) is 60.7 Å². The van der Waals surface area contributed by atoms with Crippen molar-refractivity contribution in [2.45, 2.75) is 13.3 Å². The lowest BCUT2D eigenvalue weighted by Crippen LogP contribution is -2.07. The summed E-state index contributed by atoms with van der Waals surface area (Å²) in [6.07, 6.45) is 3.32. The van der Waals surface area contributed by atoms with Crippen molar-refractivity contribution in [1.29, 1.82) is 0 Å². The number of hydrogen-bond donors (Lipinski definition) is 1. The van der Waals surface area contributed by atoms with Gasteiger partial charge in [-0.3, -0.25) is 14.9 Å². The topological polar surface area (TPSA) is 68.3 Å². The third-order valence-corrected chi connectivity index (χ3v) is 4.78. The Kier molecular flexibility index (Phi) is 6.70. The van der Waals surface area contributed by atoms with Gasteiger partial charge in [0.25, 0.3) is 0 Å². The van der Waals surface area contributed by atoms with Crippen molar-refractivity contribution in [3.8, 4) is 11.3 Å². The molecule has 0 aliphatic carbocycles. The number of carbonyl (C=O) groups is 2. The number of ether oxygens (including phenoxy) is 1. The molecule has 0 radical (unpaired) electrons. The molecule has 0 saturated heterocycles. The first-order chi connectivity index (χ1) is 13.7. The Morgan fingerprint density at radius 3 is 2.43 bits per heavy atom. The summed E-state index contributed by atoms with van der Waals surface area (Å²) < 4.78 is 5.06. The highest BCUT2D eigenvalue weighted by Crippen LogP contribution is 2.31. The molecule has 28 heavy (non-hydrogen) atoms. The van der Waals surface area contributed by atoms with Crippen LogP contribution in [0.3, 0.4) is 0 Å². The van der Waals surface area contributed by atoms with E-state index in [0.29, 0.717) is 17.4 Å². The van der Waals surface area contributed by atoms with Crippen molar-refractivity contribution in [2.24, 2.45) is 0 Å². The summed E-state index contributed by atoms with van der Waals surface area (Å²) in [5.74, 6) is -0.593. The average molecular weight is 392 g/mol. The second-order valence-corrected chi connectivity index (χ2v) is 6.96. The maximum Gasteiger partial charge on any atom is 0.311 e. The van der Waals surface area contributed by atoms with Gasteiger partial charge in [0.15, 0.2) is 5.13 Å². The van der Waals surface area contributed by atoms with E-state index in [1.54, 1.807) is 13.0 Å². The van der Waals surface area contributed by atoms with Crippen LogP contribution in [0.25, 0.3) is 17.3 Å². The standard InChI is InChI=1S/C22H20N2O3S/c1-2-27-20(26)15-18-21(17-11-7-4-8-12-17)24-22(28-18)23-19(25)14-13-16-9-5-3-6-10-16/h3-14H,2,15H2,1H3,(H,23,24,25)/b14-13+. The largest absolute Gasteiger partial charge is 0.466 e. The van der Waals surface area contributed by atoms with Gasteiger partial charge in [0, 0.05) is 16.5 Å². The van der Waals surface area contributed by atoms with Crippen LogP contribution in [0.1, 0.15) is 17.4 Å². The number of thiazole rings is 1. The number of hydrogen-bond acceptors (Lipinski definition) is 5. The number of carbonyl (C=O) groups excluding carboxylic acids is 2.